The molecule has 0 saturated heterocycles. The molecule has 3 nitrogen and oxygen atoms in total. The largest absolute Gasteiger partial charge is 0.255 e. The van der Waals surface area contributed by atoms with E-state index < -0.39 is 0 Å². The zero-order chi connectivity index (χ0) is 7.98. The van der Waals surface area contributed by atoms with E-state index in [9.17, 15) is 0 Å². The van der Waals surface area contributed by atoms with Crippen molar-refractivity contribution in [2.24, 2.45) is 7.05 Å². The van der Waals surface area contributed by atoms with Crippen molar-refractivity contribution in [2.75, 3.05) is 0 Å². The Labute approximate surface area is 61.4 Å². The molecule has 1 heterocycles. The minimum absolute atomic E-state index is 0.813. The first kappa shape index (κ1) is 8.88. The summed E-state index contributed by atoms with van der Waals surface area (Å²) in [5.74, 6) is 0. The lowest BCUT2D eigenvalue weighted by molar-refractivity contribution is 0.714. The summed E-state index contributed by atoms with van der Waals surface area (Å²) in [5.41, 5.74) is 0.813. The van der Waals surface area contributed by atoms with Crippen LogP contribution in [0.5, 0.6) is 0 Å². The van der Waals surface area contributed by atoms with Crippen LogP contribution in [-0.4, -0.2) is 15.0 Å². The molecule has 0 amide bonds. The van der Waals surface area contributed by atoms with Crippen molar-refractivity contribution in [2.45, 2.75) is 13.8 Å². The summed E-state index contributed by atoms with van der Waals surface area (Å²) >= 11 is 0. The van der Waals surface area contributed by atoms with E-state index in [0.717, 1.165) is 5.69 Å². The fourth-order valence-corrected chi connectivity index (χ4v) is 0.459. The molecule has 0 unspecified atom stereocenters. The number of hydrogen-bond acceptors (Lipinski definition) is 2. The highest BCUT2D eigenvalue weighted by atomic mass is 15.4. The first-order valence-electron chi connectivity index (χ1n) is 3.31. The van der Waals surface area contributed by atoms with Crippen LogP contribution < -0.4 is 0 Å². The highest BCUT2D eigenvalue weighted by molar-refractivity contribution is 5.38. The van der Waals surface area contributed by atoms with Gasteiger partial charge >= 0.3 is 0 Å². The SMILES string of the molecule is C=Cc1cn(C)nn1.CC. The lowest BCUT2D eigenvalue weighted by atomic mass is 10.5. The van der Waals surface area contributed by atoms with Gasteiger partial charge < -0.3 is 0 Å². The number of nitrogens with zero attached hydrogens (tertiary/aromatic N) is 3. The lowest BCUT2D eigenvalue weighted by Gasteiger charge is -1.75. The van der Waals surface area contributed by atoms with Gasteiger partial charge in [0.25, 0.3) is 0 Å². The molecule has 0 atom stereocenters. The van der Waals surface area contributed by atoms with Crippen LogP contribution in [0.25, 0.3) is 6.08 Å². The van der Waals surface area contributed by atoms with Gasteiger partial charge in [0, 0.05) is 7.05 Å². The molecule has 0 bridgehead atoms. The second-order valence-corrected chi connectivity index (χ2v) is 1.52. The smallest absolute Gasteiger partial charge is 0.105 e. The third kappa shape index (κ3) is 2.44. The van der Waals surface area contributed by atoms with Gasteiger partial charge in [0.15, 0.2) is 0 Å². The predicted octanol–water partition coefficient (Wildman–Crippen LogP) is 1.48. The highest BCUT2D eigenvalue weighted by Gasteiger charge is 1.86. The van der Waals surface area contributed by atoms with Crippen LogP contribution in [0.2, 0.25) is 0 Å². The van der Waals surface area contributed by atoms with Crippen LogP contribution in [0.4, 0.5) is 0 Å². The van der Waals surface area contributed by atoms with E-state index in [1.807, 2.05) is 20.9 Å². The Bertz CT molecular complexity index is 190. The van der Waals surface area contributed by atoms with Crippen molar-refractivity contribution in [1.29, 1.82) is 0 Å². The first-order chi connectivity index (χ1) is 4.83. The molecular formula is C7H13N3. The summed E-state index contributed by atoms with van der Waals surface area (Å²) in [5, 5.41) is 7.41. The molecule has 0 aliphatic rings. The van der Waals surface area contributed by atoms with E-state index >= 15 is 0 Å². The fourth-order valence-electron chi connectivity index (χ4n) is 0.459. The van der Waals surface area contributed by atoms with E-state index in [2.05, 4.69) is 16.9 Å². The molecule has 0 aliphatic carbocycles. The van der Waals surface area contributed by atoms with Crippen LogP contribution >= 0.6 is 0 Å². The minimum atomic E-state index is 0.813. The monoisotopic (exact) mass is 139 g/mol. The lowest BCUT2D eigenvalue weighted by Crippen LogP contribution is -1.85. The van der Waals surface area contributed by atoms with E-state index in [4.69, 9.17) is 0 Å². The zero-order valence-electron chi connectivity index (χ0n) is 6.70. The van der Waals surface area contributed by atoms with Crippen molar-refractivity contribution in [3.8, 4) is 0 Å². The molecule has 0 saturated carbocycles. The van der Waals surface area contributed by atoms with Gasteiger partial charge in [0.2, 0.25) is 0 Å². The van der Waals surface area contributed by atoms with Gasteiger partial charge in [-0.25, -0.2) is 0 Å². The highest BCUT2D eigenvalue weighted by Crippen LogP contribution is 1.89. The molecular weight excluding hydrogens is 126 g/mol. The number of aryl methyl sites for hydroxylation is 1. The average molecular weight is 139 g/mol. The van der Waals surface area contributed by atoms with Gasteiger partial charge in [0.05, 0.1) is 6.20 Å². The molecule has 0 N–H and O–H groups in total. The fraction of sp³-hybridized carbons (Fsp3) is 0.429. The molecule has 10 heavy (non-hydrogen) atoms. The maximum absolute atomic E-state index is 3.73. The topological polar surface area (TPSA) is 30.7 Å². The maximum Gasteiger partial charge on any atom is 0.105 e. The first-order valence-corrected chi connectivity index (χ1v) is 3.31. The molecule has 1 aromatic heterocycles. The minimum Gasteiger partial charge on any atom is -0.255 e. The van der Waals surface area contributed by atoms with Crippen LogP contribution in [0.15, 0.2) is 12.8 Å². The Balaban J connectivity index is 0.000000371. The molecule has 0 aromatic carbocycles. The Kier molecular flexibility index (Phi) is 4.20. The van der Waals surface area contributed by atoms with Gasteiger partial charge in [-0.1, -0.05) is 25.6 Å². The number of aromatic nitrogens is 3. The number of rotatable bonds is 1. The Morgan fingerprint density at radius 3 is 2.40 bits per heavy atom. The Morgan fingerprint density at radius 1 is 1.60 bits per heavy atom. The summed E-state index contributed by atoms with van der Waals surface area (Å²) in [4.78, 5) is 0. The molecule has 0 radical (unpaired) electrons. The van der Waals surface area contributed by atoms with Crippen molar-refractivity contribution in [1.82, 2.24) is 15.0 Å². The van der Waals surface area contributed by atoms with Crippen LogP contribution in [0.1, 0.15) is 19.5 Å². The normalized spacial score (nSPS) is 7.90. The Morgan fingerprint density at radius 2 is 2.20 bits per heavy atom. The van der Waals surface area contributed by atoms with Gasteiger partial charge in [-0.15, -0.1) is 5.10 Å². The summed E-state index contributed by atoms with van der Waals surface area (Å²) in [7, 11) is 1.82. The van der Waals surface area contributed by atoms with E-state index in [1.165, 1.54) is 0 Å². The predicted molar refractivity (Wildman–Crippen MR) is 42.4 cm³/mol. The van der Waals surface area contributed by atoms with Crippen molar-refractivity contribution in [3.05, 3.63) is 18.5 Å². The van der Waals surface area contributed by atoms with E-state index in [-0.39, 0.29) is 0 Å². The molecule has 0 aliphatic heterocycles. The van der Waals surface area contributed by atoms with Crippen LogP contribution in [0.3, 0.4) is 0 Å². The van der Waals surface area contributed by atoms with Gasteiger partial charge in [-0.05, 0) is 6.08 Å². The summed E-state index contributed by atoms with van der Waals surface area (Å²) < 4.78 is 1.64. The standard InChI is InChI=1S/C5H7N3.C2H6/c1-3-5-4-8(2)7-6-5;1-2/h3-4H,1H2,2H3;1-2H3. The molecule has 0 fully saturated rings. The molecule has 0 spiro atoms. The second kappa shape index (κ2) is 4.73. The van der Waals surface area contributed by atoms with Crippen LogP contribution in [-0.2, 0) is 7.05 Å². The zero-order valence-corrected chi connectivity index (χ0v) is 6.70. The van der Waals surface area contributed by atoms with Crippen molar-refractivity contribution >= 4 is 6.08 Å². The summed E-state index contributed by atoms with van der Waals surface area (Å²) in [6, 6.07) is 0. The van der Waals surface area contributed by atoms with E-state index in [0.29, 0.717) is 0 Å². The van der Waals surface area contributed by atoms with Gasteiger partial charge in [-0.2, -0.15) is 0 Å². The quantitative estimate of drug-likeness (QED) is 0.590. The third-order valence-electron chi connectivity index (χ3n) is 0.830. The Hall–Kier alpha value is -1.12. The molecule has 1 rings (SSSR count). The maximum atomic E-state index is 3.73. The molecule has 1 aromatic rings. The number of hydrogen-bond donors (Lipinski definition) is 0. The second-order valence-electron chi connectivity index (χ2n) is 1.52. The van der Waals surface area contributed by atoms with Gasteiger partial charge in [-0.3, -0.25) is 4.68 Å². The van der Waals surface area contributed by atoms with Crippen LogP contribution in [0, 0.1) is 0 Å². The average Bonchev–Trinajstić information content (AvgIpc) is 2.40. The third-order valence-corrected chi connectivity index (χ3v) is 0.830. The molecule has 56 valence electrons. The van der Waals surface area contributed by atoms with Crippen molar-refractivity contribution in [3.63, 3.8) is 0 Å². The summed E-state index contributed by atoms with van der Waals surface area (Å²) in [6.07, 6.45) is 3.46. The summed E-state index contributed by atoms with van der Waals surface area (Å²) in [6.45, 7) is 7.53. The van der Waals surface area contributed by atoms with E-state index in [1.54, 1.807) is 17.0 Å². The molecule has 3 heteroatoms. The van der Waals surface area contributed by atoms with Crippen molar-refractivity contribution < 1.29 is 0 Å². The van der Waals surface area contributed by atoms with Gasteiger partial charge in [0.1, 0.15) is 5.69 Å².